The Hall–Kier alpha value is -0.830. The van der Waals surface area contributed by atoms with Crippen molar-refractivity contribution < 1.29 is 4.74 Å². The molecule has 4 unspecified atom stereocenters. The largest absolute Gasteiger partial charge is 0.375 e. The van der Waals surface area contributed by atoms with Crippen molar-refractivity contribution in [1.82, 2.24) is 5.43 Å². The van der Waals surface area contributed by atoms with Gasteiger partial charge in [0.2, 0.25) is 0 Å². The van der Waals surface area contributed by atoms with Gasteiger partial charge in [-0.15, -0.1) is 0 Å². The molecule has 3 heteroatoms. The summed E-state index contributed by atoms with van der Waals surface area (Å²) in [4.78, 5) is 0. The van der Waals surface area contributed by atoms with Crippen molar-refractivity contribution in [2.24, 2.45) is 16.9 Å². The monoisotopic (exact) mass is 348 g/mol. The van der Waals surface area contributed by atoms with Crippen LogP contribution in [-0.2, 0) is 4.74 Å². The third-order valence-corrected chi connectivity index (χ3v) is 6.04. The Kier molecular flexibility index (Phi) is 8.48. The van der Waals surface area contributed by atoms with Crippen LogP contribution in [0.5, 0.6) is 0 Å². The van der Waals surface area contributed by atoms with Gasteiger partial charge in [0.25, 0.3) is 0 Å². The Morgan fingerprint density at radius 1 is 1.12 bits per heavy atom. The van der Waals surface area contributed by atoms with Crippen molar-refractivity contribution in [1.29, 1.82) is 0 Å². The number of hydrogen-bond acceptors (Lipinski definition) is 3. The van der Waals surface area contributed by atoms with Crippen LogP contribution in [0.2, 0.25) is 0 Å². The Bertz CT molecular complexity index is 469. The fraction of sp³-hybridized carbons (Fsp3) is 0.864. The van der Waals surface area contributed by atoms with E-state index in [1.807, 2.05) is 0 Å². The average Bonchev–Trinajstić information content (AvgIpc) is 2.57. The first kappa shape index (κ1) is 20.5. The van der Waals surface area contributed by atoms with Gasteiger partial charge in [-0.25, -0.2) is 0 Å². The molecule has 0 aromatic heterocycles. The van der Waals surface area contributed by atoms with E-state index in [9.17, 15) is 0 Å². The van der Waals surface area contributed by atoms with Gasteiger partial charge in [-0.2, -0.15) is 5.10 Å². The molecule has 4 atom stereocenters. The summed E-state index contributed by atoms with van der Waals surface area (Å²) in [5.41, 5.74) is 7.83. The van der Waals surface area contributed by atoms with E-state index in [1.165, 1.54) is 75.6 Å². The van der Waals surface area contributed by atoms with Crippen molar-refractivity contribution in [2.45, 2.75) is 111 Å². The predicted octanol–water partition coefficient (Wildman–Crippen LogP) is 6.20. The van der Waals surface area contributed by atoms with Crippen molar-refractivity contribution in [2.75, 3.05) is 0 Å². The van der Waals surface area contributed by atoms with Crippen LogP contribution in [0, 0.1) is 11.8 Å². The summed E-state index contributed by atoms with van der Waals surface area (Å²) in [5, 5.41) is 4.69. The molecule has 0 aromatic rings. The van der Waals surface area contributed by atoms with E-state index >= 15 is 0 Å². The molecule has 1 aliphatic carbocycles. The number of ether oxygens (including phenoxy) is 1. The molecule has 1 N–H and O–H groups in total. The number of nitrogens with one attached hydrogen (secondary N) is 1. The van der Waals surface area contributed by atoms with Crippen LogP contribution < -0.4 is 5.43 Å². The molecule has 0 radical (unpaired) electrons. The topological polar surface area (TPSA) is 33.6 Å². The minimum absolute atomic E-state index is 0.398. The lowest BCUT2D eigenvalue weighted by atomic mass is 9.78. The fourth-order valence-electron chi connectivity index (χ4n) is 4.63. The quantitative estimate of drug-likeness (QED) is 0.566. The molecule has 1 fully saturated rings. The molecule has 1 saturated carbocycles. The molecule has 0 bridgehead atoms. The molecule has 3 nitrogen and oxygen atoms in total. The van der Waals surface area contributed by atoms with Crippen LogP contribution in [0.15, 0.2) is 16.4 Å². The summed E-state index contributed by atoms with van der Waals surface area (Å²) in [6.07, 6.45) is 13.0. The van der Waals surface area contributed by atoms with Crippen molar-refractivity contribution in [3.8, 4) is 0 Å². The molecule has 2 aliphatic rings. The summed E-state index contributed by atoms with van der Waals surface area (Å²) in [5.74, 6) is 1.20. The Morgan fingerprint density at radius 2 is 1.88 bits per heavy atom. The summed E-state index contributed by atoms with van der Waals surface area (Å²) in [6, 6.07) is 0. The highest BCUT2D eigenvalue weighted by atomic mass is 16.5. The van der Waals surface area contributed by atoms with Crippen molar-refractivity contribution in [3.05, 3.63) is 11.3 Å². The van der Waals surface area contributed by atoms with Gasteiger partial charge < -0.3 is 4.74 Å². The van der Waals surface area contributed by atoms with E-state index in [1.54, 1.807) is 5.57 Å². The van der Waals surface area contributed by atoms with Crippen LogP contribution >= 0.6 is 0 Å². The number of nitrogens with zero attached hydrogens (tertiary/aromatic N) is 1. The van der Waals surface area contributed by atoms with Gasteiger partial charge in [-0.05, 0) is 70.8 Å². The molecule has 2 rings (SSSR count). The molecular weight excluding hydrogens is 308 g/mol. The highest BCUT2D eigenvalue weighted by Gasteiger charge is 2.30. The second kappa shape index (κ2) is 10.4. The zero-order valence-electron chi connectivity index (χ0n) is 17.2. The highest BCUT2D eigenvalue weighted by Crippen LogP contribution is 2.37. The molecule has 0 aromatic carbocycles. The maximum atomic E-state index is 6.37. The first-order chi connectivity index (χ1) is 12.1. The van der Waals surface area contributed by atoms with Gasteiger partial charge in [0.1, 0.15) is 0 Å². The molecule has 0 saturated heterocycles. The van der Waals surface area contributed by atoms with Crippen LogP contribution in [0.1, 0.15) is 98.8 Å². The standard InChI is InChI=1S/C22H40N2O/c1-6-10-16(4)25-19-12-9-13-20-17(5)23-24-22(21(20)15-14-19)18(8-3)11-7-2/h16,18-20,24H,6-15H2,1-5H3. The first-order valence-electron chi connectivity index (χ1n) is 10.8. The lowest BCUT2D eigenvalue weighted by molar-refractivity contribution is -0.0176. The van der Waals surface area contributed by atoms with Crippen LogP contribution in [0.3, 0.4) is 0 Å². The zero-order chi connectivity index (χ0) is 18.2. The average molecular weight is 349 g/mol. The van der Waals surface area contributed by atoms with Crippen molar-refractivity contribution in [3.63, 3.8) is 0 Å². The molecular formula is C22H40N2O. The molecule has 144 valence electrons. The maximum absolute atomic E-state index is 6.37. The summed E-state index contributed by atoms with van der Waals surface area (Å²) in [6.45, 7) is 11.3. The van der Waals surface area contributed by atoms with E-state index in [0.29, 0.717) is 24.0 Å². The second-order valence-electron chi connectivity index (χ2n) is 8.08. The maximum Gasteiger partial charge on any atom is 0.0581 e. The molecule has 1 aliphatic heterocycles. The Balaban J connectivity index is 2.14. The molecule has 1 heterocycles. The third-order valence-electron chi connectivity index (χ3n) is 6.04. The van der Waals surface area contributed by atoms with Gasteiger partial charge in [0.15, 0.2) is 0 Å². The fourth-order valence-corrected chi connectivity index (χ4v) is 4.63. The van der Waals surface area contributed by atoms with Crippen LogP contribution in [0.4, 0.5) is 0 Å². The van der Waals surface area contributed by atoms with Crippen LogP contribution in [-0.4, -0.2) is 17.9 Å². The SMILES string of the molecule is CCCC(C)OC1CCCC2C(C)=NNC(C(CC)CCC)=C2CC1. The molecule has 0 spiro atoms. The highest BCUT2D eigenvalue weighted by molar-refractivity contribution is 5.87. The van der Waals surface area contributed by atoms with Gasteiger partial charge >= 0.3 is 0 Å². The molecule has 0 amide bonds. The summed E-state index contributed by atoms with van der Waals surface area (Å²) in [7, 11) is 0. The zero-order valence-corrected chi connectivity index (χ0v) is 17.2. The molecule has 25 heavy (non-hydrogen) atoms. The second-order valence-corrected chi connectivity index (χ2v) is 8.08. The minimum atomic E-state index is 0.398. The van der Waals surface area contributed by atoms with Crippen LogP contribution in [0.25, 0.3) is 0 Å². The number of allylic oxidation sites excluding steroid dienone is 2. The van der Waals surface area contributed by atoms with Gasteiger partial charge in [-0.1, -0.05) is 33.6 Å². The van der Waals surface area contributed by atoms with E-state index in [2.05, 4.69) is 45.1 Å². The Morgan fingerprint density at radius 3 is 2.56 bits per heavy atom. The summed E-state index contributed by atoms with van der Waals surface area (Å²) < 4.78 is 6.37. The smallest absolute Gasteiger partial charge is 0.0581 e. The number of hydrogen-bond donors (Lipinski definition) is 1. The Labute approximate surface area is 155 Å². The number of hydrazone groups is 1. The number of rotatable bonds is 8. The third kappa shape index (κ3) is 5.57. The van der Waals surface area contributed by atoms with E-state index < -0.39 is 0 Å². The normalized spacial score (nSPS) is 26.8. The summed E-state index contributed by atoms with van der Waals surface area (Å²) >= 11 is 0. The lowest BCUT2D eigenvalue weighted by Gasteiger charge is -2.35. The van der Waals surface area contributed by atoms with Gasteiger partial charge in [-0.3, -0.25) is 5.43 Å². The minimum Gasteiger partial charge on any atom is -0.375 e. The van der Waals surface area contributed by atoms with E-state index in [-0.39, 0.29) is 0 Å². The van der Waals surface area contributed by atoms with Gasteiger partial charge in [0, 0.05) is 23.2 Å². The van der Waals surface area contributed by atoms with E-state index in [4.69, 9.17) is 4.74 Å². The lowest BCUT2D eigenvalue weighted by Crippen LogP contribution is -2.32. The van der Waals surface area contributed by atoms with Crippen molar-refractivity contribution >= 4 is 5.71 Å². The predicted molar refractivity (Wildman–Crippen MR) is 108 cm³/mol. The number of fused-ring (bicyclic) bond motifs is 1. The van der Waals surface area contributed by atoms with Gasteiger partial charge in [0.05, 0.1) is 12.2 Å². The first-order valence-corrected chi connectivity index (χ1v) is 10.8. The van der Waals surface area contributed by atoms with E-state index in [0.717, 1.165) is 0 Å².